The highest BCUT2D eigenvalue weighted by atomic mass is 19.2. The summed E-state index contributed by atoms with van der Waals surface area (Å²) in [4.78, 5) is 14.1. The molecule has 0 radical (unpaired) electrons. The summed E-state index contributed by atoms with van der Waals surface area (Å²) < 4.78 is 32.7. The second-order valence-corrected chi connectivity index (χ2v) is 8.03. The zero-order valence-corrected chi connectivity index (χ0v) is 17.6. The number of nitrogens with zero attached hydrogens (tertiary/aromatic N) is 1. The highest BCUT2D eigenvalue weighted by Crippen LogP contribution is 2.26. The Morgan fingerprint density at radius 3 is 2.65 bits per heavy atom. The molecule has 4 rings (SSSR count). The van der Waals surface area contributed by atoms with Crippen LogP contribution in [0.15, 0.2) is 60.7 Å². The van der Waals surface area contributed by atoms with Crippen LogP contribution >= 0.6 is 0 Å². The maximum absolute atomic E-state index is 13.6. The Hall–Kier alpha value is -2.83. The van der Waals surface area contributed by atoms with Crippen molar-refractivity contribution in [1.82, 2.24) is 10.2 Å². The molecule has 1 fully saturated rings. The topological polar surface area (TPSA) is 41.6 Å². The molecule has 4 nitrogen and oxygen atoms in total. The van der Waals surface area contributed by atoms with Crippen molar-refractivity contribution in [1.29, 1.82) is 0 Å². The van der Waals surface area contributed by atoms with Crippen LogP contribution in [0, 0.1) is 11.6 Å². The predicted molar refractivity (Wildman–Crippen MR) is 117 cm³/mol. The summed E-state index contributed by atoms with van der Waals surface area (Å²) in [6.07, 6.45) is -0.192. The Balaban J connectivity index is 1.42. The average molecular weight is 424 g/mol. The zero-order valence-electron chi connectivity index (χ0n) is 17.6. The first kappa shape index (κ1) is 21.4. The molecule has 1 amide bonds. The minimum absolute atomic E-state index is 0.0248. The molecular formula is C25H26F2N2O2. The minimum Gasteiger partial charge on any atom is -0.365 e. The summed E-state index contributed by atoms with van der Waals surface area (Å²) >= 11 is 0. The van der Waals surface area contributed by atoms with Crippen LogP contribution in [0.5, 0.6) is 0 Å². The predicted octanol–water partition coefficient (Wildman–Crippen LogP) is 4.76. The van der Waals surface area contributed by atoms with E-state index in [4.69, 9.17) is 4.74 Å². The molecule has 1 aliphatic heterocycles. The molecule has 1 saturated heterocycles. The van der Waals surface area contributed by atoms with Crippen LogP contribution in [0.3, 0.4) is 0 Å². The number of hydrogen-bond acceptors (Lipinski definition) is 3. The van der Waals surface area contributed by atoms with E-state index in [-0.39, 0.29) is 30.7 Å². The number of ether oxygens (including phenoxy) is 1. The molecule has 1 N–H and O–H groups in total. The molecule has 0 bridgehead atoms. The lowest BCUT2D eigenvalue weighted by atomic mass is 9.99. The summed E-state index contributed by atoms with van der Waals surface area (Å²) in [7, 11) is 0. The molecule has 2 unspecified atom stereocenters. The van der Waals surface area contributed by atoms with E-state index in [1.807, 2.05) is 19.1 Å². The Morgan fingerprint density at radius 2 is 1.84 bits per heavy atom. The van der Waals surface area contributed by atoms with E-state index in [9.17, 15) is 13.6 Å². The van der Waals surface area contributed by atoms with E-state index in [0.717, 1.165) is 12.1 Å². The summed E-state index contributed by atoms with van der Waals surface area (Å²) in [6.45, 7) is 4.85. The molecule has 0 spiro atoms. The lowest BCUT2D eigenvalue weighted by Crippen LogP contribution is -2.50. The molecule has 0 aromatic heterocycles. The lowest BCUT2D eigenvalue weighted by molar-refractivity contribution is -0.151. The molecule has 3 aromatic rings. The number of morpholine rings is 1. The van der Waals surface area contributed by atoms with E-state index in [1.54, 1.807) is 4.90 Å². The minimum atomic E-state index is -0.910. The fraction of sp³-hybridized carbons (Fsp3) is 0.320. The van der Waals surface area contributed by atoms with Gasteiger partial charge in [0.25, 0.3) is 0 Å². The summed E-state index contributed by atoms with van der Waals surface area (Å²) in [6, 6.07) is 18.0. The Labute approximate surface area is 180 Å². The molecule has 31 heavy (non-hydrogen) atoms. The zero-order chi connectivity index (χ0) is 22.0. The molecule has 0 aliphatic carbocycles. The van der Waals surface area contributed by atoms with E-state index >= 15 is 0 Å². The number of amides is 1. The second-order valence-electron chi connectivity index (χ2n) is 8.03. The number of carbonyl (C=O) groups excluding carboxylic acids is 1. The van der Waals surface area contributed by atoms with E-state index < -0.39 is 11.6 Å². The molecule has 6 heteroatoms. The highest BCUT2D eigenvalue weighted by molar-refractivity contribution is 5.86. The Morgan fingerprint density at radius 1 is 1.06 bits per heavy atom. The third-order valence-electron chi connectivity index (χ3n) is 6.00. The smallest absolute Gasteiger partial charge is 0.249 e. The van der Waals surface area contributed by atoms with Crippen molar-refractivity contribution < 1.29 is 18.3 Å². The number of halogens is 2. The second kappa shape index (κ2) is 9.12. The Kier molecular flexibility index (Phi) is 6.30. The van der Waals surface area contributed by atoms with Gasteiger partial charge in [-0.1, -0.05) is 48.5 Å². The fourth-order valence-electron chi connectivity index (χ4n) is 4.14. The van der Waals surface area contributed by atoms with Gasteiger partial charge < -0.3 is 15.0 Å². The Bertz CT molecular complexity index is 1080. The normalized spacial score (nSPS) is 18.9. The van der Waals surface area contributed by atoms with E-state index in [1.165, 1.54) is 22.4 Å². The molecule has 0 saturated carbocycles. The number of fused-ring (bicyclic) bond motifs is 1. The number of benzene rings is 3. The van der Waals surface area contributed by atoms with E-state index in [2.05, 4.69) is 42.6 Å². The van der Waals surface area contributed by atoms with Gasteiger partial charge in [-0.05, 0) is 47.9 Å². The van der Waals surface area contributed by atoms with Crippen LogP contribution in [0.2, 0.25) is 0 Å². The van der Waals surface area contributed by atoms with Gasteiger partial charge in [0.15, 0.2) is 11.6 Å². The molecule has 3 aromatic carbocycles. The standard InChI is InChI=1S/C25H26F2N2O2/c1-16(21-9-5-7-18-6-3-4-8-22(18)21)28-13-20-14-29(25(30)15-31-20)17(2)19-10-11-23(26)24(27)12-19/h3-12,16-17,20,28H,13-15H2,1-2H3/t16-,17?,20?/m1/s1. The van der Waals surface area contributed by atoms with Crippen molar-refractivity contribution in [2.24, 2.45) is 0 Å². The first-order valence-electron chi connectivity index (χ1n) is 10.5. The van der Waals surface area contributed by atoms with Gasteiger partial charge in [0.1, 0.15) is 6.61 Å². The molecule has 3 atom stereocenters. The van der Waals surface area contributed by atoms with Crippen molar-refractivity contribution in [3.8, 4) is 0 Å². The summed E-state index contributed by atoms with van der Waals surface area (Å²) in [5.74, 6) is -1.96. The SMILES string of the molecule is CC(c1ccc(F)c(F)c1)N1CC(CN[C@H](C)c2cccc3ccccc23)OCC1=O. The summed E-state index contributed by atoms with van der Waals surface area (Å²) in [5.41, 5.74) is 1.77. The van der Waals surface area contributed by atoms with Gasteiger partial charge >= 0.3 is 0 Å². The van der Waals surface area contributed by atoms with Crippen LogP contribution in [0.1, 0.15) is 37.1 Å². The van der Waals surface area contributed by atoms with Crippen LogP contribution < -0.4 is 5.32 Å². The number of carbonyl (C=O) groups is 1. The molecule has 1 aliphatic rings. The maximum Gasteiger partial charge on any atom is 0.249 e. The van der Waals surface area contributed by atoms with Gasteiger partial charge in [-0.25, -0.2) is 8.78 Å². The highest BCUT2D eigenvalue weighted by Gasteiger charge is 2.30. The van der Waals surface area contributed by atoms with Crippen LogP contribution in [-0.4, -0.2) is 36.6 Å². The third kappa shape index (κ3) is 4.60. The van der Waals surface area contributed by atoms with Crippen molar-refractivity contribution in [3.63, 3.8) is 0 Å². The van der Waals surface area contributed by atoms with Crippen LogP contribution in [0.4, 0.5) is 8.78 Å². The van der Waals surface area contributed by atoms with Crippen LogP contribution in [0.25, 0.3) is 10.8 Å². The van der Waals surface area contributed by atoms with Crippen molar-refractivity contribution in [2.75, 3.05) is 19.7 Å². The van der Waals surface area contributed by atoms with Crippen molar-refractivity contribution >= 4 is 16.7 Å². The van der Waals surface area contributed by atoms with Gasteiger partial charge in [-0.3, -0.25) is 4.79 Å². The number of rotatable bonds is 6. The van der Waals surface area contributed by atoms with Gasteiger partial charge in [-0.15, -0.1) is 0 Å². The van der Waals surface area contributed by atoms with Crippen molar-refractivity contribution in [2.45, 2.75) is 32.0 Å². The molecule has 162 valence electrons. The third-order valence-corrected chi connectivity index (χ3v) is 6.00. The molecular weight excluding hydrogens is 398 g/mol. The summed E-state index contributed by atoms with van der Waals surface area (Å²) in [5, 5.41) is 5.92. The molecule has 1 heterocycles. The maximum atomic E-state index is 13.6. The van der Waals surface area contributed by atoms with Crippen LogP contribution in [-0.2, 0) is 9.53 Å². The number of hydrogen-bond donors (Lipinski definition) is 1. The largest absolute Gasteiger partial charge is 0.365 e. The average Bonchev–Trinajstić information content (AvgIpc) is 2.79. The van der Waals surface area contributed by atoms with Crippen molar-refractivity contribution in [3.05, 3.63) is 83.4 Å². The number of nitrogens with one attached hydrogen (secondary N) is 1. The fourth-order valence-corrected chi connectivity index (χ4v) is 4.14. The first-order valence-corrected chi connectivity index (χ1v) is 10.5. The van der Waals surface area contributed by atoms with E-state index in [0.29, 0.717) is 18.7 Å². The van der Waals surface area contributed by atoms with Gasteiger partial charge in [0.2, 0.25) is 5.91 Å². The lowest BCUT2D eigenvalue weighted by Gasteiger charge is -2.37. The quantitative estimate of drug-likeness (QED) is 0.621. The van der Waals surface area contributed by atoms with Gasteiger partial charge in [0.05, 0.1) is 12.1 Å². The monoisotopic (exact) mass is 424 g/mol. The van der Waals surface area contributed by atoms with Gasteiger partial charge in [0, 0.05) is 19.1 Å². The van der Waals surface area contributed by atoms with Gasteiger partial charge in [-0.2, -0.15) is 0 Å². The first-order chi connectivity index (χ1) is 14.9.